The van der Waals surface area contributed by atoms with Crippen LogP contribution in [-0.2, 0) is 18.3 Å². The van der Waals surface area contributed by atoms with Gasteiger partial charge in [-0.15, -0.1) is 0 Å². The molecule has 0 atom stereocenters. The van der Waals surface area contributed by atoms with Crippen molar-refractivity contribution in [3.05, 3.63) is 221 Å². The summed E-state index contributed by atoms with van der Waals surface area (Å²) in [5.74, 6) is 0. The first-order valence-electron chi connectivity index (χ1n) is 19.3. The highest BCUT2D eigenvalue weighted by Gasteiger charge is 2.51. The Labute approximate surface area is 318 Å². The van der Waals surface area contributed by atoms with Gasteiger partial charge in [0.05, 0.1) is 5.41 Å². The molecule has 2 aliphatic carbocycles. The monoisotopic (exact) mass is 691 g/mol. The summed E-state index contributed by atoms with van der Waals surface area (Å²) in [5.41, 5.74) is 21.5. The molecule has 1 spiro atoms. The molecule has 1 nitrogen and oxygen atoms in total. The topological polar surface area (TPSA) is 3.24 Å². The number of aryl methyl sites for hydroxylation is 2. The van der Waals surface area contributed by atoms with Gasteiger partial charge in [0, 0.05) is 17.1 Å². The Bertz CT molecular complexity index is 2640. The van der Waals surface area contributed by atoms with Crippen molar-refractivity contribution >= 4 is 17.1 Å². The lowest BCUT2D eigenvalue weighted by atomic mass is 9.70. The summed E-state index contributed by atoms with van der Waals surface area (Å²) in [6, 6.07) is 70.1. The van der Waals surface area contributed by atoms with E-state index in [2.05, 4.69) is 207 Å². The Hall–Kier alpha value is -6.44. The molecule has 8 aromatic rings. The van der Waals surface area contributed by atoms with Crippen LogP contribution in [0.15, 0.2) is 188 Å². The highest BCUT2D eigenvalue weighted by molar-refractivity contribution is 5.96. The van der Waals surface area contributed by atoms with Gasteiger partial charge in [-0.3, -0.25) is 0 Å². The minimum atomic E-state index is -0.408. The molecule has 2 aliphatic rings. The molecule has 10 rings (SSSR count). The summed E-state index contributed by atoms with van der Waals surface area (Å²) in [7, 11) is 0. The molecule has 1 heteroatoms. The van der Waals surface area contributed by atoms with Crippen molar-refractivity contribution in [1.29, 1.82) is 0 Å². The van der Waals surface area contributed by atoms with Crippen molar-refractivity contribution < 1.29 is 0 Å². The normalized spacial score (nSPS) is 12.9. The maximum atomic E-state index is 2.50. The highest BCUT2D eigenvalue weighted by atomic mass is 15.1. The molecule has 258 valence electrons. The molecule has 0 aliphatic heterocycles. The number of nitrogens with zero attached hydrogens (tertiary/aromatic N) is 1. The van der Waals surface area contributed by atoms with Crippen LogP contribution in [0.4, 0.5) is 17.1 Å². The third-order valence-electron chi connectivity index (χ3n) is 11.9. The third kappa shape index (κ3) is 4.78. The first-order valence-corrected chi connectivity index (χ1v) is 19.3. The van der Waals surface area contributed by atoms with Crippen LogP contribution < -0.4 is 4.90 Å². The van der Waals surface area contributed by atoms with Crippen molar-refractivity contribution in [1.82, 2.24) is 0 Å². The lowest BCUT2D eigenvalue weighted by molar-refractivity contribution is 0.793. The van der Waals surface area contributed by atoms with E-state index in [1.54, 1.807) is 0 Å². The van der Waals surface area contributed by atoms with Crippen LogP contribution in [0.1, 0.15) is 47.2 Å². The Morgan fingerprint density at radius 2 is 0.796 bits per heavy atom. The average Bonchev–Trinajstić information content (AvgIpc) is 3.71. The largest absolute Gasteiger partial charge is 0.310 e. The Morgan fingerprint density at radius 1 is 0.333 bits per heavy atom. The van der Waals surface area contributed by atoms with E-state index in [-0.39, 0.29) is 0 Å². The molecule has 8 aromatic carbocycles. The molecule has 0 unspecified atom stereocenters. The van der Waals surface area contributed by atoms with E-state index >= 15 is 0 Å². The smallest absolute Gasteiger partial charge is 0.0726 e. The number of anilines is 3. The van der Waals surface area contributed by atoms with Gasteiger partial charge >= 0.3 is 0 Å². The number of hydrogen-bond donors (Lipinski definition) is 0. The maximum absolute atomic E-state index is 2.50. The molecule has 0 saturated heterocycles. The van der Waals surface area contributed by atoms with E-state index < -0.39 is 5.41 Å². The van der Waals surface area contributed by atoms with Gasteiger partial charge in [0.1, 0.15) is 0 Å². The van der Waals surface area contributed by atoms with E-state index in [1.165, 1.54) is 77.9 Å². The van der Waals surface area contributed by atoms with Crippen molar-refractivity contribution in [3.8, 4) is 44.5 Å². The van der Waals surface area contributed by atoms with Crippen LogP contribution in [0.3, 0.4) is 0 Å². The van der Waals surface area contributed by atoms with Crippen LogP contribution >= 0.6 is 0 Å². The zero-order valence-corrected chi connectivity index (χ0v) is 30.8. The SMILES string of the molecule is CCc1ccccc1-c1ccc(N(c2cccc(-c3ccccc3)c2)c2ccc3c(c2)C2(c4ccccc4-c4ccccc42)c2ccccc2-3)cc1CC. The van der Waals surface area contributed by atoms with Crippen molar-refractivity contribution in [2.45, 2.75) is 32.1 Å². The molecule has 0 bridgehead atoms. The third-order valence-corrected chi connectivity index (χ3v) is 11.9. The maximum Gasteiger partial charge on any atom is 0.0726 e. The molecule has 0 saturated carbocycles. The van der Waals surface area contributed by atoms with Crippen LogP contribution in [0.2, 0.25) is 0 Å². The summed E-state index contributed by atoms with van der Waals surface area (Å²) in [4.78, 5) is 2.48. The quantitative estimate of drug-likeness (QED) is 0.161. The predicted molar refractivity (Wildman–Crippen MR) is 227 cm³/mol. The molecule has 0 fully saturated rings. The van der Waals surface area contributed by atoms with Gasteiger partial charge in [0.2, 0.25) is 0 Å². The van der Waals surface area contributed by atoms with Crippen molar-refractivity contribution in [3.63, 3.8) is 0 Å². The van der Waals surface area contributed by atoms with Gasteiger partial charge in [-0.25, -0.2) is 0 Å². The second-order valence-corrected chi connectivity index (χ2v) is 14.6. The molecule has 0 amide bonds. The van der Waals surface area contributed by atoms with E-state index in [0.717, 1.165) is 29.9 Å². The van der Waals surface area contributed by atoms with E-state index in [0.29, 0.717) is 0 Å². The van der Waals surface area contributed by atoms with Gasteiger partial charge in [-0.1, -0.05) is 166 Å². The standard InChI is InChI=1S/C53H41N/c1-3-36-17-8-9-22-43(36)44-31-29-41(33-37(44)4-2)54(40-21-16-20-39(34-40)38-18-6-5-7-19-38)42-30-32-48-47-25-12-15-28-51(47)53(52(48)35-42)49-26-13-10-23-45(49)46-24-11-14-27-50(46)53/h5-35H,3-4H2,1-2H3. The molecule has 0 radical (unpaired) electrons. The number of hydrogen-bond acceptors (Lipinski definition) is 1. The molecule has 0 N–H and O–H groups in total. The fraction of sp³-hybridized carbons (Fsp3) is 0.0943. The van der Waals surface area contributed by atoms with Crippen molar-refractivity contribution in [2.24, 2.45) is 0 Å². The van der Waals surface area contributed by atoms with Crippen LogP contribution in [0, 0.1) is 0 Å². The molecular formula is C53H41N. The summed E-state index contributed by atoms with van der Waals surface area (Å²) in [6.07, 6.45) is 1.94. The van der Waals surface area contributed by atoms with Crippen LogP contribution in [-0.4, -0.2) is 0 Å². The Kier molecular flexibility index (Phi) is 7.70. The van der Waals surface area contributed by atoms with Gasteiger partial charge in [0.25, 0.3) is 0 Å². The zero-order chi connectivity index (χ0) is 36.2. The van der Waals surface area contributed by atoms with Gasteiger partial charge in [-0.05, 0) is 127 Å². The fourth-order valence-corrected chi connectivity index (χ4v) is 9.49. The van der Waals surface area contributed by atoms with Gasteiger partial charge in [0.15, 0.2) is 0 Å². The summed E-state index contributed by atoms with van der Waals surface area (Å²) in [6.45, 7) is 4.53. The summed E-state index contributed by atoms with van der Waals surface area (Å²) >= 11 is 0. The zero-order valence-electron chi connectivity index (χ0n) is 30.8. The first kappa shape index (κ1) is 32.2. The van der Waals surface area contributed by atoms with E-state index in [4.69, 9.17) is 0 Å². The fourth-order valence-electron chi connectivity index (χ4n) is 9.49. The van der Waals surface area contributed by atoms with E-state index in [1.807, 2.05) is 0 Å². The molecule has 0 aromatic heterocycles. The second-order valence-electron chi connectivity index (χ2n) is 14.6. The van der Waals surface area contributed by atoms with Gasteiger partial charge in [-0.2, -0.15) is 0 Å². The second kappa shape index (κ2) is 12.9. The van der Waals surface area contributed by atoms with E-state index in [9.17, 15) is 0 Å². The minimum absolute atomic E-state index is 0.408. The molecular weight excluding hydrogens is 651 g/mol. The first-order chi connectivity index (χ1) is 26.7. The Morgan fingerprint density at radius 3 is 1.43 bits per heavy atom. The minimum Gasteiger partial charge on any atom is -0.310 e. The summed E-state index contributed by atoms with van der Waals surface area (Å²) in [5, 5.41) is 0. The van der Waals surface area contributed by atoms with Gasteiger partial charge < -0.3 is 4.90 Å². The summed E-state index contributed by atoms with van der Waals surface area (Å²) < 4.78 is 0. The predicted octanol–water partition coefficient (Wildman–Crippen LogP) is 14.0. The number of fused-ring (bicyclic) bond motifs is 10. The molecule has 54 heavy (non-hydrogen) atoms. The highest BCUT2D eigenvalue weighted by Crippen LogP contribution is 2.63. The van der Waals surface area contributed by atoms with Crippen LogP contribution in [0.25, 0.3) is 44.5 Å². The van der Waals surface area contributed by atoms with Crippen LogP contribution in [0.5, 0.6) is 0 Å². The molecule has 0 heterocycles. The number of rotatable bonds is 7. The number of benzene rings is 8. The lowest BCUT2D eigenvalue weighted by Gasteiger charge is -2.32. The van der Waals surface area contributed by atoms with Crippen molar-refractivity contribution in [2.75, 3.05) is 4.90 Å². The average molecular weight is 692 g/mol. The Balaban J connectivity index is 1.22. The lowest BCUT2D eigenvalue weighted by Crippen LogP contribution is -2.26.